The molecule has 5 rings (SSSR count). The molecule has 1 aromatic heterocycles. The maximum atomic E-state index is 12.0. The largest absolute Gasteiger partial charge is 1.00 e. The second-order valence-electron chi connectivity index (χ2n) is 6.41. The third-order valence-corrected chi connectivity index (χ3v) is 6.25. The second-order valence-corrected chi connectivity index (χ2v) is 7.46. The first-order chi connectivity index (χ1) is 12.7. The van der Waals surface area contributed by atoms with Gasteiger partial charge in [0.2, 0.25) is 11.0 Å². The predicted molar refractivity (Wildman–Crippen MR) is 104 cm³/mol. The monoisotopic (exact) mass is 485 g/mol. The van der Waals surface area contributed by atoms with E-state index in [-0.39, 0.29) is 29.9 Å². The Labute approximate surface area is 178 Å². The molecule has 4 aromatic rings. The van der Waals surface area contributed by atoms with Gasteiger partial charge in [-0.2, -0.15) is 4.57 Å². The zero-order chi connectivity index (χ0) is 17.8. The van der Waals surface area contributed by atoms with Gasteiger partial charge < -0.3 is 28.7 Å². The van der Waals surface area contributed by atoms with Crippen molar-refractivity contribution in [3.63, 3.8) is 0 Å². The summed E-state index contributed by atoms with van der Waals surface area (Å²) in [6, 6.07) is 20.7. The number of benzene rings is 3. The molecule has 0 saturated heterocycles. The average Bonchev–Trinajstić information content (AvgIpc) is 2.70. The summed E-state index contributed by atoms with van der Waals surface area (Å²) < 4.78 is 7.14. The summed E-state index contributed by atoms with van der Waals surface area (Å²) in [5, 5.41) is 2.50. The molecule has 0 atom stereocenters. The van der Waals surface area contributed by atoms with Crippen molar-refractivity contribution >= 4 is 39.5 Å². The molecule has 0 spiro atoms. The molecule has 2 heterocycles. The fourth-order valence-corrected chi connectivity index (χ4v) is 5.03. The van der Waals surface area contributed by atoms with Crippen LogP contribution in [-0.2, 0) is 11.8 Å². The van der Waals surface area contributed by atoms with Gasteiger partial charge in [-0.3, -0.25) is 0 Å². The molecule has 0 fully saturated rings. The SMILES string of the molecule is COC(=O)c1ccc2c(c1)-c1cccc3c1c(c1ccccc1[n+]3C)S2.[I-]. The second kappa shape index (κ2) is 6.80. The number of esters is 1. The highest BCUT2D eigenvalue weighted by Gasteiger charge is 2.27. The summed E-state index contributed by atoms with van der Waals surface area (Å²) in [6.07, 6.45) is 0. The van der Waals surface area contributed by atoms with Gasteiger partial charge in [-0.15, -0.1) is 0 Å². The fourth-order valence-electron chi connectivity index (χ4n) is 3.80. The van der Waals surface area contributed by atoms with Crippen LogP contribution in [0.4, 0.5) is 0 Å². The zero-order valence-corrected chi connectivity index (χ0v) is 17.8. The Kier molecular flexibility index (Phi) is 4.60. The number of fused-ring (bicyclic) bond motifs is 4. The van der Waals surface area contributed by atoms with Gasteiger partial charge >= 0.3 is 5.97 Å². The molecule has 0 amide bonds. The first-order valence-electron chi connectivity index (χ1n) is 8.43. The van der Waals surface area contributed by atoms with E-state index >= 15 is 0 Å². The Morgan fingerprint density at radius 3 is 2.56 bits per heavy atom. The zero-order valence-electron chi connectivity index (χ0n) is 14.8. The topological polar surface area (TPSA) is 30.2 Å². The van der Waals surface area contributed by atoms with Gasteiger partial charge in [-0.25, -0.2) is 4.79 Å². The molecular formula is C22H16INO2S. The van der Waals surface area contributed by atoms with Crippen LogP contribution in [0, 0.1) is 0 Å². The van der Waals surface area contributed by atoms with Crippen molar-refractivity contribution < 1.29 is 38.1 Å². The van der Waals surface area contributed by atoms with Gasteiger partial charge in [0.25, 0.3) is 0 Å². The summed E-state index contributed by atoms with van der Waals surface area (Å²) in [4.78, 5) is 14.4. The quantitative estimate of drug-likeness (QED) is 0.157. The molecule has 134 valence electrons. The Hall–Kier alpha value is -2.12. The molecule has 1 aliphatic heterocycles. The van der Waals surface area contributed by atoms with E-state index < -0.39 is 0 Å². The van der Waals surface area contributed by atoms with Crippen LogP contribution in [0.25, 0.3) is 32.9 Å². The first-order valence-corrected chi connectivity index (χ1v) is 9.25. The minimum atomic E-state index is -0.306. The van der Waals surface area contributed by atoms with Crippen LogP contribution >= 0.6 is 11.8 Å². The molecule has 5 heteroatoms. The summed E-state index contributed by atoms with van der Waals surface area (Å²) in [7, 11) is 3.52. The van der Waals surface area contributed by atoms with Crippen molar-refractivity contribution in [3.8, 4) is 11.1 Å². The van der Waals surface area contributed by atoms with E-state index in [0.717, 1.165) is 10.5 Å². The Morgan fingerprint density at radius 1 is 0.963 bits per heavy atom. The fraction of sp³-hybridized carbons (Fsp3) is 0.0909. The average molecular weight is 485 g/mol. The highest BCUT2D eigenvalue weighted by molar-refractivity contribution is 8.00. The maximum Gasteiger partial charge on any atom is 0.337 e. The molecule has 0 saturated carbocycles. The van der Waals surface area contributed by atoms with Crippen molar-refractivity contribution in [1.82, 2.24) is 0 Å². The number of carbonyl (C=O) groups excluding carboxylic acids is 1. The van der Waals surface area contributed by atoms with E-state index in [9.17, 15) is 4.79 Å². The summed E-state index contributed by atoms with van der Waals surface area (Å²) in [6.45, 7) is 0. The minimum Gasteiger partial charge on any atom is -1.00 e. The Bertz CT molecular complexity index is 1240. The number of hydrogen-bond acceptors (Lipinski definition) is 3. The maximum absolute atomic E-state index is 12.0. The van der Waals surface area contributed by atoms with Crippen molar-refractivity contribution in [2.45, 2.75) is 9.79 Å². The van der Waals surface area contributed by atoms with Gasteiger partial charge in [0.15, 0.2) is 0 Å². The molecule has 0 unspecified atom stereocenters. The first kappa shape index (κ1) is 18.3. The number of nitrogens with zero attached hydrogens (tertiary/aromatic N) is 1. The van der Waals surface area contributed by atoms with Crippen LogP contribution in [0.15, 0.2) is 70.5 Å². The lowest BCUT2D eigenvalue weighted by Gasteiger charge is -2.21. The van der Waals surface area contributed by atoms with Gasteiger partial charge in [-0.05, 0) is 35.4 Å². The molecule has 27 heavy (non-hydrogen) atoms. The van der Waals surface area contributed by atoms with Crippen LogP contribution in [0.1, 0.15) is 10.4 Å². The van der Waals surface area contributed by atoms with Crippen LogP contribution in [0.3, 0.4) is 0 Å². The van der Waals surface area contributed by atoms with E-state index in [2.05, 4.69) is 54.1 Å². The number of pyridine rings is 1. The number of hydrogen-bond donors (Lipinski definition) is 0. The number of halogens is 1. The number of ether oxygens (including phenoxy) is 1. The number of para-hydroxylation sites is 1. The standard InChI is InChI=1S/C22H16NO2S.HI/c1-23-17-8-4-3-6-15(17)21-20-14(7-5-9-18(20)23)16-12-13(22(24)25-2)10-11-19(16)26-21;/h3-12H,1-2H3;1H/q+1;/p-1. The predicted octanol–water partition coefficient (Wildman–Crippen LogP) is 1.74. The third kappa shape index (κ3) is 2.63. The Morgan fingerprint density at radius 2 is 1.74 bits per heavy atom. The number of aromatic nitrogens is 1. The van der Waals surface area contributed by atoms with E-state index in [1.165, 1.54) is 39.4 Å². The van der Waals surface area contributed by atoms with Crippen LogP contribution in [0.2, 0.25) is 0 Å². The van der Waals surface area contributed by atoms with Crippen molar-refractivity contribution in [3.05, 3.63) is 66.2 Å². The van der Waals surface area contributed by atoms with Gasteiger partial charge in [0, 0.05) is 21.9 Å². The highest BCUT2D eigenvalue weighted by atomic mass is 127. The lowest BCUT2D eigenvalue weighted by molar-refractivity contribution is -0.617. The van der Waals surface area contributed by atoms with Gasteiger partial charge in [0.05, 0.1) is 23.4 Å². The van der Waals surface area contributed by atoms with E-state index in [1.54, 1.807) is 11.8 Å². The Balaban J connectivity index is 0.00000180. The van der Waals surface area contributed by atoms with Gasteiger partial charge in [-0.1, -0.05) is 36.0 Å². The van der Waals surface area contributed by atoms with E-state index in [1.807, 2.05) is 18.2 Å². The third-order valence-electron chi connectivity index (χ3n) is 5.04. The van der Waals surface area contributed by atoms with Crippen molar-refractivity contribution in [2.24, 2.45) is 7.05 Å². The molecule has 0 radical (unpaired) electrons. The van der Waals surface area contributed by atoms with Crippen molar-refractivity contribution in [2.75, 3.05) is 7.11 Å². The number of carbonyl (C=O) groups is 1. The van der Waals surface area contributed by atoms with Crippen LogP contribution in [0.5, 0.6) is 0 Å². The normalized spacial score (nSPS) is 11.8. The smallest absolute Gasteiger partial charge is 0.337 e. The number of methoxy groups -OCH3 is 1. The summed E-state index contributed by atoms with van der Waals surface area (Å²) >= 11 is 1.78. The van der Waals surface area contributed by atoms with Crippen molar-refractivity contribution in [1.29, 1.82) is 0 Å². The van der Waals surface area contributed by atoms with Crippen LogP contribution < -0.4 is 28.5 Å². The molecule has 3 aromatic carbocycles. The number of rotatable bonds is 1. The molecule has 1 aliphatic rings. The minimum absolute atomic E-state index is 0. The number of aryl methyl sites for hydroxylation is 1. The molecule has 3 nitrogen and oxygen atoms in total. The lowest BCUT2D eigenvalue weighted by atomic mass is 9.96. The highest BCUT2D eigenvalue weighted by Crippen LogP contribution is 2.49. The summed E-state index contributed by atoms with van der Waals surface area (Å²) in [5.41, 5.74) is 5.24. The molecule has 0 aliphatic carbocycles. The van der Waals surface area contributed by atoms with E-state index in [0.29, 0.717) is 5.56 Å². The van der Waals surface area contributed by atoms with E-state index in [4.69, 9.17) is 4.74 Å². The summed E-state index contributed by atoms with van der Waals surface area (Å²) in [5.74, 6) is -0.306. The molecular weight excluding hydrogens is 469 g/mol. The van der Waals surface area contributed by atoms with Crippen LogP contribution in [-0.4, -0.2) is 13.1 Å². The molecule has 0 N–H and O–H groups in total. The lowest BCUT2D eigenvalue weighted by Crippen LogP contribution is -3.00. The van der Waals surface area contributed by atoms with Gasteiger partial charge in [0.1, 0.15) is 7.05 Å². The molecule has 0 bridgehead atoms.